The molecule has 10 heteroatoms. The molecule has 1 aliphatic heterocycles. The average molecular weight is 476 g/mol. The van der Waals surface area contributed by atoms with Gasteiger partial charge in [-0.2, -0.15) is 5.32 Å². The number of carbonyl (C=O) groups excluding carboxylic acids is 2. The van der Waals surface area contributed by atoms with Gasteiger partial charge in [-0.25, -0.2) is 19.6 Å². The monoisotopic (exact) mass is 475 g/mol. The summed E-state index contributed by atoms with van der Waals surface area (Å²) in [6.45, 7) is 1.31. The van der Waals surface area contributed by atoms with Gasteiger partial charge in [-0.15, -0.1) is 0 Å². The molecular formula is C25H25N5O5. The number of hydrogen-bond donors (Lipinski definition) is 2. The Morgan fingerprint density at radius 3 is 2.09 bits per heavy atom. The van der Waals surface area contributed by atoms with Gasteiger partial charge in [-0.1, -0.05) is 77.8 Å². The lowest BCUT2D eigenvalue weighted by molar-refractivity contribution is -0.577. The topological polar surface area (TPSA) is 120 Å². The Morgan fingerprint density at radius 2 is 1.51 bits per heavy atom. The zero-order valence-corrected chi connectivity index (χ0v) is 18.9. The highest BCUT2D eigenvalue weighted by Crippen LogP contribution is 2.19. The zero-order chi connectivity index (χ0) is 24.5. The fraction of sp³-hybridized carbons (Fsp3) is 0.200. The van der Waals surface area contributed by atoms with E-state index in [4.69, 9.17) is 9.47 Å². The summed E-state index contributed by atoms with van der Waals surface area (Å²) in [7, 11) is 0. The summed E-state index contributed by atoms with van der Waals surface area (Å²) >= 11 is 0. The van der Waals surface area contributed by atoms with Gasteiger partial charge in [-0.05, 0) is 17.5 Å². The molecule has 4 rings (SSSR count). The summed E-state index contributed by atoms with van der Waals surface area (Å²) in [6.07, 6.45) is 3.17. The number of nitrogens with one attached hydrogen (secondary N) is 2. The second-order valence-corrected chi connectivity index (χ2v) is 7.70. The highest BCUT2D eigenvalue weighted by molar-refractivity contribution is 5.84. The second kappa shape index (κ2) is 11.5. The summed E-state index contributed by atoms with van der Waals surface area (Å²) < 4.78 is 10.7. The molecule has 3 aromatic rings. The largest absolute Gasteiger partial charge is 0.754 e. The van der Waals surface area contributed by atoms with Gasteiger partial charge in [0.05, 0.1) is 6.07 Å². The molecule has 1 aliphatic rings. The molecular weight excluding hydrogens is 450 g/mol. The first-order valence-electron chi connectivity index (χ1n) is 11.1. The summed E-state index contributed by atoms with van der Waals surface area (Å²) in [6, 6.07) is 19.7. The van der Waals surface area contributed by atoms with Gasteiger partial charge in [0.2, 0.25) is 5.82 Å². The van der Waals surface area contributed by atoms with Gasteiger partial charge in [-0.3, -0.25) is 0 Å². The van der Waals surface area contributed by atoms with E-state index in [0.717, 1.165) is 17.5 Å². The molecule has 0 fully saturated rings. The molecule has 0 saturated carbocycles. The van der Waals surface area contributed by atoms with Gasteiger partial charge < -0.3 is 19.6 Å². The van der Waals surface area contributed by atoms with Crippen molar-refractivity contribution in [2.75, 3.05) is 28.6 Å². The van der Waals surface area contributed by atoms with E-state index in [1.807, 2.05) is 77.7 Å². The maximum Gasteiger partial charge on any atom is 0.461 e. The number of rotatable bonds is 7. The van der Waals surface area contributed by atoms with E-state index in [0.29, 0.717) is 23.6 Å². The lowest BCUT2D eigenvalue weighted by Crippen LogP contribution is -2.40. The van der Waals surface area contributed by atoms with Crippen molar-refractivity contribution in [1.82, 2.24) is 4.98 Å². The van der Waals surface area contributed by atoms with Gasteiger partial charge in [0.1, 0.15) is 13.2 Å². The fourth-order valence-corrected chi connectivity index (χ4v) is 3.37. The quantitative estimate of drug-likeness (QED) is 0.301. The molecule has 0 atom stereocenters. The number of amides is 2. The third kappa shape index (κ3) is 6.70. The van der Waals surface area contributed by atoms with Crippen LogP contribution >= 0.6 is 0 Å². The zero-order valence-electron chi connectivity index (χ0n) is 18.9. The smallest absolute Gasteiger partial charge is 0.461 e. The molecule has 0 spiro atoms. The summed E-state index contributed by atoms with van der Waals surface area (Å²) in [4.78, 5) is 30.9. The lowest BCUT2D eigenvalue weighted by Gasteiger charge is -2.24. The Hall–Kier alpha value is -4.60. The third-order valence-corrected chi connectivity index (χ3v) is 5.15. The molecule has 1 aromatic heterocycles. The SMILES string of the molecule is O=C(Nc1cc(N2CC=CCC2)nc(NC(=O)OCc2ccccc2)[n+]1[O-])OCc1ccccc1. The van der Waals surface area contributed by atoms with Gasteiger partial charge in [0.25, 0.3) is 0 Å². The van der Waals surface area contributed by atoms with Crippen LogP contribution in [0.2, 0.25) is 0 Å². The molecule has 0 bridgehead atoms. The van der Waals surface area contributed by atoms with E-state index >= 15 is 0 Å². The van der Waals surface area contributed by atoms with Crippen LogP contribution in [0.5, 0.6) is 0 Å². The van der Waals surface area contributed by atoms with Crippen LogP contribution in [0.3, 0.4) is 0 Å². The summed E-state index contributed by atoms with van der Waals surface area (Å²) in [5.74, 6) is -0.0485. The first-order chi connectivity index (χ1) is 17.1. The van der Waals surface area contributed by atoms with Crippen molar-refractivity contribution >= 4 is 29.8 Å². The van der Waals surface area contributed by atoms with Gasteiger partial charge in [0.15, 0.2) is 5.82 Å². The number of anilines is 3. The molecule has 35 heavy (non-hydrogen) atoms. The predicted molar refractivity (Wildman–Crippen MR) is 130 cm³/mol. The van der Waals surface area contributed by atoms with Crippen molar-refractivity contribution in [3.8, 4) is 0 Å². The predicted octanol–water partition coefficient (Wildman–Crippen LogP) is 3.98. The molecule has 2 amide bonds. The molecule has 0 radical (unpaired) electrons. The van der Waals surface area contributed by atoms with E-state index in [-0.39, 0.29) is 25.0 Å². The van der Waals surface area contributed by atoms with Gasteiger partial charge in [0, 0.05) is 13.1 Å². The minimum Gasteiger partial charge on any atom is -0.754 e. The van der Waals surface area contributed by atoms with E-state index in [9.17, 15) is 14.8 Å². The third-order valence-electron chi connectivity index (χ3n) is 5.15. The normalized spacial score (nSPS) is 12.6. The first kappa shape index (κ1) is 23.6. The number of aromatic nitrogens is 2. The van der Waals surface area contributed by atoms with E-state index in [2.05, 4.69) is 15.6 Å². The molecule has 180 valence electrons. The summed E-state index contributed by atoms with van der Waals surface area (Å²) in [5.41, 5.74) is 1.60. The average Bonchev–Trinajstić information content (AvgIpc) is 2.90. The van der Waals surface area contributed by atoms with E-state index in [1.165, 1.54) is 6.07 Å². The highest BCUT2D eigenvalue weighted by atomic mass is 16.6. The van der Waals surface area contributed by atoms with Crippen molar-refractivity contribution in [1.29, 1.82) is 0 Å². The van der Waals surface area contributed by atoms with Crippen molar-refractivity contribution in [3.05, 3.63) is 95.2 Å². The Kier molecular flexibility index (Phi) is 7.74. The van der Waals surface area contributed by atoms with Crippen LogP contribution in [0, 0.1) is 5.21 Å². The van der Waals surface area contributed by atoms with Crippen LogP contribution in [0.25, 0.3) is 0 Å². The lowest BCUT2D eigenvalue weighted by atomic mass is 10.2. The number of carbonyl (C=O) groups is 2. The number of ether oxygens (including phenoxy) is 2. The van der Waals surface area contributed by atoms with E-state index in [1.54, 1.807) is 0 Å². The molecule has 0 unspecified atom stereocenters. The maximum atomic E-state index is 12.9. The minimum absolute atomic E-state index is 0.0268. The van der Waals surface area contributed by atoms with Crippen LogP contribution in [-0.2, 0) is 22.7 Å². The molecule has 10 nitrogen and oxygen atoms in total. The Morgan fingerprint density at radius 1 is 0.914 bits per heavy atom. The van der Waals surface area contributed by atoms with Crippen molar-refractivity contribution < 1.29 is 23.8 Å². The Balaban J connectivity index is 1.48. The van der Waals surface area contributed by atoms with Crippen LogP contribution < -0.4 is 20.3 Å². The van der Waals surface area contributed by atoms with Crippen LogP contribution in [0.15, 0.2) is 78.9 Å². The van der Waals surface area contributed by atoms with Gasteiger partial charge >= 0.3 is 18.1 Å². The number of hydrogen-bond acceptors (Lipinski definition) is 7. The van der Waals surface area contributed by atoms with Crippen LogP contribution in [0.1, 0.15) is 17.5 Å². The number of nitrogens with zero attached hydrogens (tertiary/aromatic N) is 3. The number of benzene rings is 2. The molecule has 2 aromatic carbocycles. The van der Waals surface area contributed by atoms with Crippen molar-refractivity contribution in [3.63, 3.8) is 0 Å². The molecule has 0 aliphatic carbocycles. The highest BCUT2D eigenvalue weighted by Gasteiger charge is 2.22. The minimum atomic E-state index is -0.848. The van der Waals surface area contributed by atoms with Crippen molar-refractivity contribution in [2.45, 2.75) is 19.6 Å². The first-order valence-corrected chi connectivity index (χ1v) is 11.1. The molecule has 2 heterocycles. The van der Waals surface area contributed by atoms with Crippen molar-refractivity contribution in [2.24, 2.45) is 0 Å². The molecule has 2 N–H and O–H groups in total. The fourth-order valence-electron chi connectivity index (χ4n) is 3.37. The maximum absolute atomic E-state index is 12.9. The Bertz CT molecular complexity index is 1110. The Labute approximate surface area is 202 Å². The van der Waals surface area contributed by atoms with Crippen LogP contribution in [-0.4, -0.2) is 30.3 Å². The van der Waals surface area contributed by atoms with Crippen LogP contribution in [0.4, 0.5) is 27.2 Å². The van der Waals surface area contributed by atoms with E-state index < -0.39 is 12.2 Å². The second-order valence-electron chi connectivity index (χ2n) is 7.70. The molecule has 0 saturated heterocycles. The standard InChI is InChI=1S/C25H25N5O5/c31-24(34-17-19-10-4-1-5-11-19)27-22-16-21(29-14-8-3-9-15-29)26-23(30(22)33)28-25(32)35-18-20-12-6-2-7-13-20/h1-8,10-13,16H,9,14-15,17-18H2,(H,27,31)(H,26,28,32). The summed E-state index contributed by atoms with van der Waals surface area (Å²) in [5, 5.41) is 17.7.